The van der Waals surface area contributed by atoms with Crippen molar-refractivity contribution in [1.29, 1.82) is 0 Å². The third kappa shape index (κ3) is 13.3. The smallest absolute Gasteiger partial charge is 0.241 e. The maximum absolute atomic E-state index is 11.6. The number of methoxy groups -OCH3 is 1. The van der Waals surface area contributed by atoms with Crippen molar-refractivity contribution < 1.29 is 14.3 Å². The lowest BCUT2D eigenvalue weighted by Gasteiger charge is -2.16. The minimum atomic E-state index is -0.112. The van der Waals surface area contributed by atoms with Gasteiger partial charge in [0.1, 0.15) is 6.54 Å². The first-order valence-corrected chi connectivity index (χ1v) is 9.15. The van der Waals surface area contributed by atoms with Crippen LogP contribution < -0.4 is 16.0 Å². The number of aliphatic imine (C=N–C) groups is 1. The van der Waals surface area contributed by atoms with Gasteiger partial charge in [0.2, 0.25) is 5.91 Å². The van der Waals surface area contributed by atoms with E-state index in [1.54, 1.807) is 7.11 Å². The number of rotatable bonds is 10. The summed E-state index contributed by atoms with van der Waals surface area (Å²) in [7, 11) is 1.61. The second-order valence-electron chi connectivity index (χ2n) is 5.95. The van der Waals surface area contributed by atoms with Crippen molar-refractivity contribution >= 4 is 35.8 Å². The summed E-state index contributed by atoms with van der Waals surface area (Å²) < 4.78 is 10.8. The van der Waals surface area contributed by atoms with Crippen LogP contribution in [-0.2, 0) is 14.3 Å². The molecule has 0 aromatic rings. The molecule has 1 amide bonds. The molecule has 25 heavy (non-hydrogen) atoms. The fourth-order valence-corrected chi connectivity index (χ4v) is 2.64. The number of ether oxygens (including phenoxy) is 2. The lowest BCUT2D eigenvalue weighted by Crippen LogP contribution is -2.40. The maximum atomic E-state index is 11.6. The van der Waals surface area contributed by atoms with E-state index in [0.717, 1.165) is 6.54 Å². The third-order valence-electron chi connectivity index (χ3n) is 3.90. The Labute approximate surface area is 169 Å². The lowest BCUT2D eigenvalue weighted by atomic mass is 10.1. The van der Waals surface area contributed by atoms with Gasteiger partial charge in [0.15, 0.2) is 5.96 Å². The lowest BCUT2D eigenvalue weighted by molar-refractivity contribution is -0.119. The van der Waals surface area contributed by atoms with Gasteiger partial charge in [-0.05, 0) is 19.8 Å². The van der Waals surface area contributed by atoms with Gasteiger partial charge in [0, 0.05) is 26.7 Å². The SMILES string of the molecule is CCNC(=NCC(=O)NCCOC)NCCOC1CCCCCC1.I. The fraction of sp³-hybridized carbons (Fsp3) is 0.882. The molecule has 3 N–H and O–H groups in total. The Kier molecular flexibility index (Phi) is 16.4. The molecule has 0 saturated heterocycles. The van der Waals surface area contributed by atoms with Gasteiger partial charge in [-0.3, -0.25) is 4.79 Å². The van der Waals surface area contributed by atoms with Crippen molar-refractivity contribution in [2.75, 3.05) is 46.5 Å². The number of nitrogens with one attached hydrogen (secondary N) is 3. The van der Waals surface area contributed by atoms with Crippen molar-refractivity contribution in [3.8, 4) is 0 Å². The van der Waals surface area contributed by atoms with E-state index >= 15 is 0 Å². The van der Waals surface area contributed by atoms with Gasteiger partial charge in [0.25, 0.3) is 0 Å². The van der Waals surface area contributed by atoms with Crippen LogP contribution >= 0.6 is 24.0 Å². The zero-order valence-corrected chi connectivity index (χ0v) is 18.0. The molecule has 0 radical (unpaired) electrons. The number of carbonyl (C=O) groups excluding carboxylic acids is 1. The highest BCUT2D eigenvalue weighted by atomic mass is 127. The van der Waals surface area contributed by atoms with Gasteiger partial charge in [-0.1, -0.05) is 25.7 Å². The highest BCUT2D eigenvalue weighted by Gasteiger charge is 2.12. The van der Waals surface area contributed by atoms with Gasteiger partial charge in [-0.25, -0.2) is 4.99 Å². The molecule has 0 heterocycles. The van der Waals surface area contributed by atoms with Crippen molar-refractivity contribution in [3.05, 3.63) is 0 Å². The Morgan fingerprint density at radius 1 is 1.04 bits per heavy atom. The summed E-state index contributed by atoms with van der Waals surface area (Å²) >= 11 is 0. The molecule has 1 fully saturated rings. The largest absolute Gasteiger partial charge is 0.383 e. The Morgan fingerprint density at radius 3 is 2.36 bits per heavy atom. The number of guanidine groups is 1. The average molecular weight is 470 g/mol. The van der Waals surface area contributed by atoms with E-state index in [2.05, 4.69) is 20.9 Å². The van der Waals surface area contributed by atoms with E-state index in [4.69, 9.17) is 9.47 Å². The molecule has 0 aromatic heterocycles. The van der Waals surface area contributed by atoms with E-state index in [0.29, 0.717) is 38.4 Å². The summed E-state index contributed by atoms with van der Waals surface area (Å²) in [6.07, 6.45) is 7.98. The second-order valence-corrected chi connectivity index (χ2v) is 5.95. The molecule has 0 bridgehead atoms. The van der Waals surface area contributed by atoms with Crippen LogP contribution in [0.5, 0.6) is 0 Å². The van der Waals surface area contributed by atoms with Gasteiger partial charge >= 0.3 is 0 Å². The van der Waals surface area contributed by atoms with Gasteiger partial charge in [0.05, 0.1) is 19.3 Å². The van der Waals surface area contributed by atoms with Crippen LogP contribution in [-0.4, -0.2) is 64.5 Å². The van der Waals surface area contributed by atoms with E-state index in [1.165, 1.54) is 38.5 Å². The predicted octanol–water partition coefficient (Wildman–Crippen LogP) is 1.66. The molecule has 0 unspecified atom stereocenters. The third-order valence-corrected chi connectivity index (χ3v) is 3.90. The van der Waals surface area contributed by atoms with E-state index in [9.17, 15) is 4.79 Å². The summed E-state index contributed by atoms with van der Waals surface area (Å²) in [6.45, 7) is 5.21. The first kappa shape index (κ1) is 24.4. The van der Waals surface area contributed by atoms with Crippen LogP contribution in [0.4, 0.5) is 0 Å². The van der Waals surface area contributed by atoms with Crippen LogP contribution in [0.15, 0.2) is 4.99 Å². The summed E-state index contributed by atoms with van der Waals surface area (Å²) in [6, 6.07) is 0. The molecule has 1 aliphatic rings. The molecule has 8 heteroatoms. The molecule has 1 rings (SSSR count). The minimum Gasteiger partial charge on any atom is -0.383 e. The molecule has 0 aliphatic heterocycles. The zero-order valence-electron chi connectivity index (χ0n) is 15.6. The van der Waals surface area contributed by atoms with Crippen LogP contribution in [0, 0.1) is 0 Å². The van der Waals surface area contributed by atoms with E-state index in [1.807, 2.05) is 6.92 Å². The van der Waals surface area contributed by atoms with Gasteiger partial charge in [-0.2, -0.15) is 0 Å². The number of hydrogen-bond donors (Lipinski definition) is 3. The summed E-state index contributed by atoms with van der Waals surface area (Å²) in [5, 5.41) is 9.09. The van der Waals surface area contributed by atoms with Crippen LogP contribution in [0.25, 0.3) is 0 Å². The van der Waals surface area contributed by atoms with E-state index < -0.39 is 0 Å². The van der Waals surface area contributed by atoms with Crippen LogP contribution in [0.3, 0.4) is 0 Å². The number of nitrogens with zero attached hydrogens (tertiary/aromatic N) is 1. The molecule has 1 aliphatic carbocycles. The molecule has 0 spiro atoms. The standard InChI is InChI=1S/C17H34N4O3.HI/c1-3-18-17(21-14-16(22)19-10-12-23-2)20-11-13-24-15-8-6-4-5-7-9-15;/h15H,3-14H2,1-2H3,(H,19,22)(H2,18,20,21);1H. The fourth-order valence-electron chi connectivity index (χ4n) is 2.64. The molecule has 7 nitrogen and oxygen atoms in total. The predicted molar refractivity (Wildman–Crippen MR) is 112 cm³/mol. The van der Waals surface area contributed by atoms with Crippen molar-refractivity contribution in [2.24, 2.45) is 4.99 Å². The summed E-state index contributed by atoms with van der Waals surface area (Å²) in [5.74, 6) is 0.530. The zero-order chi connectivity index (χ0) is 17.5. The Hall–Kier alpha value is -0.610. The Morgan fingerprint density at radius 2 is 1.72 bits per heavy atom. The molecule has 1 saturated carbocycles. The van der Waals surface area contributed by atoms with Crippen LogP contribution in [0.2, 0.25) is 0 Å². The molecular formula is C17H35IN4O3. The number of hydrogen-bond acceptors (Lipinski definition) is 4. The summed E-state index contributed by atoms with van der Waals surface area (Å²) in [4.78, 5) is 15.9. The quantitative estimate of drug-likeness (QED) is 0.149. The molecular weight excluding hydrogens is 435 g/mol. The van der Waals surface area contributed by atoms with Gasteiger partial charge < -0.3 is 25.4 Å². The average Bonchev–Trinajstić information content (AvgIpc) is 2.85. The highest BCUT2D eigenvalue weighted by Crippen LogP contribution is 2.19. The van der Waals surface area contributed by atoms with Crippen LogP contribution in [0.1, 0.15) is 45.4 Å². The first-order valence-electron chi connectivity index (χ1n) is 9.15. The summed E-state index contributed by atoms with van der Waals surface area (Å²) in [5.41, 5.74) is 0. The monoisotopic (exact) mass is 470 g/mol. The van der Waals surface area contributed by atoms with Crippen molar-refractivity contribution in [2.45, 2.75) is 51.6 Å². The normalized spacial score (nSPS) is 15.8. The maximum Gasteiger partial charge on any atom is 0.241 e. The topological polar surface area (TPSA) is 84.0 Å². The molecule has 0 atom stereocenters. The minimum absolute atomic E-state index is 0. The molecule has 0 aromatic carbocycles. The van der Waals surface area contributed by atoms with Crippen molar-refractivity contribution in [3.63, 3.8) is 0 Å². The number of halogens is 1. The van der Waals surface area contributed by atoms with Gasteiger partial charge in [-0.15, -0.1) is 24.0 Å². The first-order chi connectivity index (χ1) is 11.8. The number of carbonyl (C=O) groups is 1. The van der Waals surface area contributed by atoms with Crippen molar-refractivity contribution in [1.82, 2.24) is 16.0 Å². The van der Waals surface area contributed by atoms with E-state index in [-0.39, 0.29) is 36.4 Å². The Bertz CT molecular complexity index is 362. The second kappa shape index (κ2) is 16.8. The highest BCUT2D eigenvalue weighted by molar-refractivity contribution is 14.0. The Balaban J connectivity index is 0.00000576. The number of amides is 1. The molecule has 148 valence electrons.